The van der Waals surface area contributed by atoms with E-state index in [0.717, 1.165) is 31.9 Å². The van der Waals surface area contributed by atoms with Gasteiger partial charge in [-0.15, -0.1) is 0 Å². The normalized spacial score (nSPS) is 30.2. The first-order chi connectivity index (χ1) is 18.9. The number of fused-ring (bicyclic) bond motifs is 1. The van der Waals surface area contributed by atoms with Gasteiger partial charge < -0.3 is 18.9 Å². The minimum Gasteiger partial charge on any atom is -0.458 e. The van der Waals surface area contributed by atoms with Crippen LogP contribution in [0.15, 0.2) is 65.3 Å². The summed E-state index contributed by atoms with van der Waals surface area (Å²) in [5.74, 6) is -3.16. The summed E-state index contributed by atoms with van der Waals surface area (Å²) in [6.07, 6.45) is 2.22. The molecule has 0 amide bonds. The van der Waals surface area contributed by atoms with Crippen molar-refractivity contribution < 1.29 is 41.7 Å². The lowest BCUT2D eigenvalue weighted by Gasteiger charge is -2.35. The summed E-state index contributed by atoms with van der Waals surface area (Å²) in [4.78, 5) is 26.4. The zero-order valence-electron chi connectivity index (χ0n) is 23.8. The molecule has 0 spiro atoms. The van der Waals surface area contributed by atoms with Gasteiger partial charge in [0.25, 0.3) is 5.60 Å². The van der Waals surface area contributed by atoms with Gasteiger partial charge in [0.15, 0.2) is 0 Å². The third-order valence-corrected chi connectivity index (χ3v) is 7.74. The van der Waals surface area contributed by atoms with Crippen molar-refractivity contribution in [3.8, 4) is 0 Å². The summed E-state index contributed by atoms with van der Waals surface area (Å²) in [6, 6.07) is 6.73. The van der Waals surface area contributed by atoms with Crippen LogP contribution in [0.2, 0.25) is 0 Å². The van der Waals surface area contributed by atoms with Gasteiger partial charge >= 0.3 is 18.1 Å². The first kappa shape index (κ1) is 31.6. The molecule has 6 nitrogen and oxygen atoms in total. The molecular weight excluding hydrogens is 525 g/mol. The molecule has 5 atom stereocenters. The van der Waals surface area contributed by atoms with Gasteiger partial charge in [-0.25, -0.2) is 4.79 Å². The van der Waals surface area contributed by atoms with Crippen molar-refractivity contribution in [3.63, 3.8) is 0 Å². The standard InChI is InChI=1S/C31H39F3O6/c1-20-11-9-13-21(2)17-27-24(25(19-37-4)28(35)39-27)18-26(22(3)14-10-12-20)40-29(36)30(38-5,31(32,33)34)23-15-7-6-8-16-23/h6-8,11,14-17,24-27H,9-10,12-13,18-19H2,1-5H3/b20-11+,21-17+,22-14+/t24-,25+,26-,27-,30-/m0/s1. The highest BCUT2D eigenvalue weighted by Crippen LogP contribution is 2.44. The number of halogens is 3. The van der Waals surface area contributed by atoms with Crippen molar-refractivity contribution in [2.24, 2.45) is 11.8 Å². The number of rotatable bonds is 6. The number of allylic oxidation sites excluding steroid dienone is 4. The van der Waals surface area contributed by atoms with Gasteiger partial charge in [0, 0.05) is 25.7 Å². The van der Waals surface area contributed by atoms with E-state index < -0.39 is 47.8 Å². The fraction of sp³-hybridized carbons (Fsp3) is 0.548. The average Bonchev–Trinajstić information content (AvgIpc) is 3.17. The van der Waals surface area contributed by atoms with Gasteiger partial charge in [-0.2, -0.15) is 13.2 Å². The summed E-state index contributed by atoms with van der Waals surface area (Å²) in [6.45, 7) is 5.80. The Bertz CT molecular complexity index is 1120. The van der Waals surface area contributed by atoms with Gasteiger partial charge in [0.2, 0.25) is 0 Å². The Kier molecular flexibility index (Phi) is 10.8. The molecule has 0 bridgehead atoms. The quantitative estimate of drug-likeness (QED) is 0.286. The second-order valence-corrected chi connectivity index (χ2v) is 10.6. The van der Waals surface area contributed by atoms with Crippen LogP contribution in [-0.4, -0.2) is 51.1 Å². The smallest absolute Gasteiger partial charge is 0.432 e. The predicted molar refractivity (Wildman–Crippen MR) is 144 cm³/mol. The SMILES string of the molecule is COC[C@H]1C(=O)O[C@H]2/C=C(\C)CC/C=C(\C)CC/C=C(\C)[C@@H](OC(=O)[C@@](OC)(c3ccccc3)C(F)(F)F)C[C@H]21. The molecule has 0 radical (unpaired) electrons. The lowest BCUT2D eigenvalue weighted by Crippen LogP contribution is -2.52. The molecule has 0 N–H and O–H groups in total. The van der Waals surface area contributed by atoms with Crippen molar-refractivity contribution in [3.05, 3.63) is 70.8 Å². The van der Waals surface area contributed by atoms with E-state index in [-0.39, 0.29) is 18.6 Å². The molecule has 0 aromatic heterocycles. The molecule has 1 aromatic carbocycles. The molecule has 0 saturated carbocycles. The molecule has 1 aliphatic carbocycles. The van der Waals surface area contributed by atoms with Crippen LogP contribution in [0.4, 0.5) is 13.2 Å². The maximum absolute atomic E-state index is 14.6. The molecule has 1 heterocycles. The van der Waals surface area contributed by atoms with E-state index in [1.54, 1.807) is 13.0 Å². The van der Waals surface area contributed by atoms with Crippen molar-refractivity contribution >= 4 is 11.9 Å². The molecule has 40 heavy (non-hydrogen) atoms. The molecule has 2 aliphatic rings. The number of ether oxygens (including phenoxy) is 4. The number of hydrogen-bond donors (Lipinski definition) is 0. The van der Waals surface area contributed by atoms with E-state index in [9.17, 15) is 22.8 Å². The zero-order valence-corrected chi connectivity index (χ0v) is 23.8. The van der Waals surface area contributed by atoms with Crippen LogP contribution in [0.25, 0.3) is 0 Å². The van der Waals surface area contributed by atoms with E-state index in [2.05, 4.69) is 6.08 Å². The van der Waals surface area contributed by atoms with Gasteiger partial charge in [-0.1, -0.05) is 53.6 Å². The maximum Gasteiger partial charge on any atom is 0.432 e. The fourth-order valence-corrected chi connectivity index (χ4v) is 5.38. The van der Waals surface area contributed by atoms with Crippen LogP contribution in [0.5, 0.6) is 0 Å². The van der Waals surface area contributed by atoms with Crippen LogP contribution in [0, 0.1) is 11.8 Å². The lowest BCUT2D eigenvalue weighted by atomic mass is 9.83. The summed E-state index contributed by atoms with van der Waals surface area (Å²) in [5, 5.41) is 0. The Balaban J connectivity index is 2.07. The molecule has 1 fully saturated rings. The summed E-state index contributed by atoms with van der Waals surface area (Å²) < 4.78 is 65.4. The summed E-state index contributed by atoms with van der Waals surface area (Å²) >= 11 is 0. The Morgan fingerprint density at radius 2 is 1.65 bits per heavy atom. The fourth-order valence-electron chi connectivity index (χ4n) is 5.38. The highest BCUT2D eigenvalue weighted by atomic mass is 19.4. The molecule has 0 unspecified atom stereocenters. The maximum atomic E-state index is 14.6. The monoisotopic (exact) mass is 564 g/mol. The third-order valence-electron chi connectivity index (χ3n) is 7.74. The highest BCUT2D eigenvalue weighted by Gasteiger charge is 2.64. The number of hydrogen-bond acceptors (Lipinski definition) is 6. The predicted octanol–water partition coefficient (Wildman–Crippen LogP) is 6.61. The van der Waals surface area contributed by atoms with Gasteiger partial charge in [0.1, 0.15) is 12.2 Å². The molecular formula is C31H39F3O6. The number of methoxy groups -OCH3 is 2. The van der Waals surface area contributed by atoms with Crippen molar-refractivity contribution in [1.29, 1.82) is 0 Å². The Morgan fingerprint density at radius 1 is 1.00 bits per heavy atom. The van der Waals surface area contributed by atoms with Gasteiger partial charge in [0.05, 0.1) is 12.5 Å². The number of alkyl halides is 3. The Morgan fingerprint density at radius 3 is 2.27 bits per heavy atom. The molecule has 1 aliphatic heterocycles. The summed E-state index contributed by atoms with van der Waals surface area (Å²) in [5.41, 5.74) is -0.897. The second kappa shape index (κ2) is 13.6. The summed E-state index contributed by atoms with van der Waals surface area (Å²) in [7, 11) is 2.31. The van der Waals surface area contributed by atoms with Crippen molar-refractivity contribution in [2.75, 3.05) is 20.8 Å². The minimum atomic E-state index is -5.10. The number of carbonyl (C=O) groups is 2. The molecule has 3 rings (SSSR count). The largest absolute Gasteiger partial charge is 0.458 e. The Hall–Kier alpha value is -2.91. The van der Waals surface area contributed by atoms with Crippen molar-refractivity contribution in [1.82, 2.24) is 0 Å². The molecule has 1 aromatic rings. The first-order valence-corrected chi connectivity index (χ1v) is 13.5. The van der Waals surface area contributed by atoms with Crippen LogP contribution in [0.1, 0.15) is 58.4 Å². The number of carbonyl (C=O) groups excluding carboxylic acids is 2. The van der Waals surface area contributed by atoms with Crippen LogP contribution in [0.3, 0.4) is 0 Å². The van der Waals surface area contributed by atoms with Crippen LogP contribution < -0.4 is 0 Å². The molecule has 9 heteroatoms. The lowest BCUT2D eigenvalue weighted by molar-refractivity contribution is -0.278. The number of benzene rings is 1. The van der Waals surface area contributed by atoms with Crippen LogP contribution in [-0.2, 0) is 34.1 Å². The average molecular weight is 565 g/mol. The molecule has 220 valence electrons. The van der Waals surface area contributed by atoms with Gasteiger partial charge in [-0.05, 0) is 64.5 Å². The highest BCUT2D eigenvalue weighted by molar-refractivity contribution is 5.83. The molecule has 1 saturated heterocycles. The van der Waals surface area contributed by atoms with E-state index in [0.29, 0.717) is 12.0 Å². The van der Waals surface area contributed by atoms with E-state index in [1.807, 2.05) is 26.0 Å². The number of esters is 2. The minimum absolute atomic E-state index is 0.0730. The Labute approximate surface area is 234 Å². The third kappa shape index (κ3) is 7.04. The van der Waals surface area contributed by atoms with E-state index >= 15 is 0 Å². The van der Waals surface area contributed by atoms with Gasteiger partial charge in [-0.3, -0.25) is 4.79 Å². The van der Waals surface area contributed by atoms with Crippen molar-refractivity contribution in [2.45, 2.75) is 76.9 Å². The van der Waals surface area contributed by atoms with E-state index in [1.165, 1.54) is 36.9 Å². The topological polar surface area (TPSA) is 71.1 Å². The van der Waals surface area contributed by atoms with Crippen LogP contribution >= 0.6 is 0 Å². The second-order valence-electron chi connectivity index (χ2n) is 10.6. The zero-order chi connectivity index (χ0) is 29.5. The van der Waals surface area contributed by atoms with E-state index in [4.69, 9.17) is 18.9 Å². The first-order valence-electron chi connectivity index (χ1n) is 13.5.